The summed E-state index contributed by atoms with van der Waals surface area (Å²) < 4.78 is 0. The number of imide groups is 1. The predicted octanol–water partition coefficient (Wildman–Crippen LogP) is -0.402. The van der Waals surface area contributed by atoms with E-state index in [-0.39, 0.29) is 24.9 Å². The van der Waals surface area contributed by atoms with Crippen LogP contribution >= 0.6 is 0 Å². The fourth-order valence-corrected chi connectivity index (χ4v) is 1.65. The van der Waals surface area contributed by atoms with E-state index in [2.05, 4.69) is 10.3 Å². The van der Waals surface area contributed by atoms with Crippen molar-refractivity contribution in [2.75, 3.05) is 18.0 Å². The summed E-state index contributed by atoms with van der Waals surface area (Å²) in [6.07, 6.45) is 0.920. The first-order valence-corrected chi connectivity index (χ1v) is 5.28. The number of carbonyl (C=O) groups excluding carboxylic acids is 2. The van der Waals surface area contributed by atoms with E-state index in [0.717, 1.165) is 0 Å². The molecule has 1 atom stereocenters. The maximum Gasteiger partial charge on any atom is 0.246 e. The molecule has 17 heavy (non-hydrogen) atoms. The fraction of sp³-hybridized carbons (Fsp3) is 0.364. The zero-order valence-electron chi connectivity index (χ0n) is 9.38. The molecule has 1 aromatic heterocycles. The minimum absolute atomic E-state index is 0.140. The first-order chi connectivity index (χ1) is 8.06. The standard InChI is InChI=1S/C11H13N3O3/c1-7(15)9-3-2-8(4-12-9)14-5-10(16)13-11(17)6-14/h2-4,7,15H,5-6H2,1H3,(H,13,16,17). The van der Waals surface area contributed by atoms with E-state index >= 15 is 0 Å². The van der Waals surface area contributed by atoms with Gasteiger partial charge in [-0.15, -0.1) is 0 Å². The van der Waals surface area contributed by atoms with Gasteiger partial charge in [0.05, 0.1) is 36.8 Å². The van der Waals surface area contributed by atoms with Gasteiger partial charge in [-0.1, -0.05) is 0 Å². The number of rotatable bonds is 2. The van der Waals surface area contributed by atoms with Gasteiger partial charge in [0.25, 0.3) is 0 Å². The molecule has 2 heterocycles. The lowest BCUT2D eigenvalue weighted by Crippen LogP contribution is -2.51. The maximum atomic E-state index is 11.2. The second-order valence-corrected chi connectivity index (χ2v) is 3.94. The van der Waals surface area contributed by atoms with Crippen molar-refractivity contribution >= 4 is 17.5 Å². The molecular formula is C11H13N3O3. The molecule has 0 spiro atoms. The minimum atomic E-state index is -0.629. The number of piperazine rings is 1. The topological polar surface area (TPSA) is 82.5 Å². The predicted molar refractivity (Wildman–Crippen MR) is 60.2 cm³/mol. The molecule has 1 fully saturated rings. The van der Waals surface area contributed by atoms with Crippen molar-refractivity contribution in [2.45, 2.75) is 13.0 Å². The second-order valence-electron chi connectivity index (χ2n) is 3.94. The van der Waals surface area contributed by atoms with Gasteiger partial charge < -0.3 is 10.0 Å². The van der Waals surface area contributed by atoms with Gasteiger partial charge in [0.2, 0.25) is 11.8 Å². The van der Waals surface area contributed by atoms with Crippen LogP contribution < -0.4 is 10.2 Å². The van der Waals surface area contributed by atoms with Crippen molar-refractivity contribution in [3.8, 4) is 0 Å². The molecule has 2 rings (SSSR count). The second kappa shape index (κ2) is 4.50. The Morgan fingerprint density at radius 1 is 1.35 bits per heavy atom. The molecule has 1 aliphatic heterocycles. The number of amides is 2. The number of nitrogens with zero attached hydrogens (tertiary/aromatic N) is 2. The number of aliphatic hydroxyl groups excluding tert-OH is 1. The molecule has 2 N–H and O–H groups in total. The quantitative estimate of drug-likeness (QED) is 0.681. The summed E-state index contributed by atoms with van der Waals surface area (Å²) in [5.74, 6) is -0.637. The monoisotopic (exact) mass is 235 g/mol. The van der Waals surface area contributed by atoms with Crippen molar-refractivity contribution in [3.63, 3.8) is 0 Å². The van der Waals surface area contributed by atoms with Crippen LogP contribution in [0.2, 0.25) is 0 Å². The van der Waals surface area contributed by atoms with Crippen molar-refractivity contribution in [1.82, 2.24) is 10.3 Å². The maximum absolute atomic E-state index is 11.2. The van der Waals surface area contributed by atoms with Crippen molar-refractivity contribution in [2.24, 2.45) is 0 Å². The normalized spacial score (nSPS) is 17.9. The van der Waals surface area contributed by atoms with Crippen LogP contribution in [-0.2, 0) is 9.59 Å². The van der Waals surface area contributed by atoms with E-state index in [0.29, 0.717) is 11.4 Å². The van der Waals surface area contributed by atoms with Crippen LogP contribution in [0.25, 0.3) is 0 Å². The average Bonchev–Trinajstić information content (AvgIpc) is 2.28. The molecule has 1 unspecified atom stereocenters. The molecule has 90 valence electrons. The lowest BCUT2D eigenvalue weighted by atomic mass is 10.2. The van der Waals surface area contributed by atoms with Gasteiger partial charge >= 0.3 is 0 Å². The minimum Gasteiger partial charge on any atom is -0.387 e. The SMILES string of the molecule is CC(O)c1ccc(N2CC(=O)NC(=O)C2)cn1. The molecule has 6 heteroatoms. The number of pyridine rings is 1. The first-order valence-electron chi connectivity index (χ1n) is 5.28. The van der Waals surface area contributed by atoms with Gasteiger partial charge in [0, 0.05) is 0 Å². The number of aliphatic hydroxyl groups is 1. The Balaban J connectivity index is 2.16. The Morgan fingerprint density at radius 2 is 2.00 bits per heavy atom. The summed E-state index contributed by atoms with van der Waals surface area (Å²) in [6.45, 7) is 1.91. The summed E-state index contributed by atoms with van der Waals surface area (Å²) in [6, 6.07) is 3.41. The first kappa shape index (κ1) is 11.5. The van der Waals surface area contributed by atoms with Crippen LogP contribution in [0, 0.1) is 0 Å². The van der Waals surface area contributed by atoms with E-state index in [1.165, 1.54) is 0 Å². The molecule has 1 aromatic rings. The Labute approximate surface area is 98.3 Å². The number of carbonyl (C=O) groups is 2. The largest absolute Gasteiger partial charge is 0.387 e. The van der Waals surface area contributed by atoms with Gasteiger partial charge in [-0.25, -0.2) is 0 Å². The third-order valence-corrected chi connectivity index (χ3v) is 2.51. The Kier molecular flexibility index (Phi) is 3.06. The van der Waals surface area contributed by atoms with Crippen molar-refractivity contribution in [1.29, 1.82) is 0 Å². The molecule has 0 aromatic carbocycles. The summed E-state index contributed by atoms with van der Waals surface area (Å²) in [5.41, 5.74) is 1.25. The highest BCUT2D eigenvalue weighted by molar-refractivity contribution is 6.02. The smallest absolute Gasteiger partial charge is 0.246 e. The van der Waals surface area contributed by atoms with E-state index in [1.54, 1.807) is 30.2 Å². The summed E-state index contributed by atoms with van der Waals surface area (Å²) in [4.78, 5) is 28.1. The molecule has 1 aliphatic rings. The molecule has 0 bridgehead atoms. The number of anilines is 1. The number of hydrogen-bond acceptors (Lipinski definition) is 5. The van der Waals surface area contributed by atoms with E-state index in [1.807, 2.05) is 0 Å². The lowest BCUT2D eigenvalue weighted by molar-refractivity contribution is -0.130. The highest BCUT2D eigenvalue weighted by Gasteiger charge is 2.22. The van der Waals surface area contributed by atoms with E-state index in [9.17, 15) is 14.7 Å². The summed E-state index contributed by atoms with van der Waals surface area (Å²) in [7, 11) is 0. The van der Waals surface area contributed by atoms with Crippen LogP contribution in [0.3, 0.4) is 0 Å². The third kappa shape index (κ3) is 2.59. The average molecular weight is 235 g/mol. The highest BCUT2D eigenvalue weighted by atomic mass is 16.3. The zero-order valence-corrected chi connectivity index (χ0v) is 9.38. The van der Waals surface area contributed by atoms with Gasteiger partial charge in [0.1, 0.15) is 0 Å². The van der Waals surface area contributed by atoms with Gasteiger partial charge in [-0.05, 0) is 19.1 Å². The Hall–Kier alpha value is -1.95. The lowest BCUT2D eigenvalue weighted by Gasteiger charge is -2.27. The summed E-state index contributed by atoms with van der Waals surface area (Å²) >= 11 is 0. The molecule has 0 saturated carbocycles. The number of hydrogen-bond donors (Lipinski definition) is 2. The fourth-order valence-electron chi connectivity index (χ4n) is 1.65. The molecule has 2 amide bonds. The highest BCUT2D eigenvalue weighted by Crippen LogP contribution is 2.16. The third-order valence-electron chi connectivity index (χ3n) is 2.51. The van der Waals surface area contributed by atoms with Crippen LogP contribution in [0.1, 0.15) is 18.7 Å². The number of aromatic nitrogens is 1. The molecule has 0 radical (unpaired) electrons. The molecule has 1 saturated heterocycles. The van der Waals surface area contributed by atoms with Crippen LogP contribution in [-0.4, -0.2) is 35.0 Å². The number of nitrogens with one attached hydrogen (secondary N) is 1. The zero-order chi connectivity index (χ0) is 12.4. The molecule has 6 nitrogen and oxygen atoms in total. The van der Waals surface area contributed by atoms with Gasteiger partial charge in [-0.3, -0.25) is 19.9 Å². The summed E-state index contributed by atoms with van der Waals surface area (Å²) in [5, 5.41) is 11.5. The molecule has 0 aliphatic carbocycles. The van der Waals surface area contributed by atoms with Crippen molar-refractivity contribution in [3.05, 3.63) is 24.0 Å². The van der Waals surface area contributed by atoms with E-state index < -0.39 is 6.10 Å². The van der Waals surface area contributed by atoms with Crippen LogP contribution in [0.4, 0.5) is 5.69 Å². The Morgan fingerprint density at radius 3 is 2.47 bits per heavy atom. The van der Waals surface area contributed by atoms with E-state index in [4.69, 9.17) is 0 Å². The van der Waals surface area contributed by atoms with Gasteiger partial charge in [0.15, 0.2) is 0 Å². The van der Waals surface area contributed by atoms with Gasteiger partial charge in [-0.2, -0.15) is 0 Å². The molecular weight excluding hydrogens is 222 g/mol. The Bertz CT molecular complexity index is 426. The van der Waals surface area contributed by atoms with Crippen LogP contribution in [0.15, 0.2) is 18.3 Å². The van der Waals surface area contributed by atoms with Crippen molar-refractivity contribution < 1.29 is 14.7 Å². The van der Waals surface area contributed by atoms with Crippen LogP contribution in [0.5, 0.6) is 0 Å².